The smallest absolute Gasteiger partial charge is 0.121 e. The van der Waals surface area contributed by atoms with Crippen LogP contribution in [-0.4, -0.2) is 12.2 Å². The van der Waals surface area contributed by atoms with Gasteiger partial charge in [0.25, 0.3) is 0 Å². The molecule has 20 heavy (non-hydrogen) atoms. The highest BCUT2D eigenvalue weighted by molar-refractivity contribution is 6.31. The van der Waals surface area contributed by atoms with Crippen molar-refractivity contribution in [2.75, 3.05) is 7.11 Å². The van der Waals surface area contributed by atoms with Crippen molar-refractivity contribution in [3.8, 4) is 11.5 Å². The van der Waals surface area contributed by atoms with Gasteiger partial charge in [0.2, 0.25) is 0 Å². The number of nitrogens with one attached hydrogen (secondary N) is 1. The van der Waals surface area contributed by atoms with Crippen molar-refractivity contribution in [3.63, 3.8) is 0 Å². The SMILES string of the molecule is COc1ccc([C@@H](C)NCc2c(O)cccc2Cl)cc1. The summed E-state index contributed by atoms with van der Waals surface area (Å²) in [5.41, 5.74) is 1.87. The predicted molar refractivity (Wildman–Crippen MR) is 81.4 cm³/mol. The fraction of sp³-hybridized carbons (Fsp3) is 0.250. The molecule has 0 aliphatic heterocycles. The van der Waals surface area contributed by atoms with Crippen LogP contribution in [0.4, 0.5) is 0 Å². The van der Waals surface area contributed by atoms with E-state index >= 15 is 0 Å². The van der Waals surface area contributed by atoms with Crippen molar-refractivity contribution < 1.29 is 9.84 Å². The molecule has 0 aromatic heterocycles. The van der Waals surface area contributed by atoms with Crippen LogP contribution in [0.3, 0.4) is 0 Å². The van der Waals surface area contributed by atoms with Crippen LogP contribution in [0.25, 0.3) is 0 Å². The Balaban J connectivity index is 2.02. The number of phenols is 1. The molecular formula is C16H18ClNO2. The van der Waals surface area contributed by atoms with E-state index in [9.17, 15) is 5.11 Å². The third-order valence-corrected chi connectivity index (χ3v) is 3.65. The Bertz CT molecular complexity index is 549. The Hall–Kier alpha value is -1.71. The predicted octanol–water partition coefficient (Wildman–Crippen LogP) is 3.91. The summed E-state index contributed by atoms with van der Waals surface area (Å²) in [4.78, 5) is 0. The van der Waals surface area contributed by atoms with Gasteiger partial charge in [-0.25, -0.2) is 0 Å². The number of halogens is 1. The molecular weight excluding hydrogens is 274 g/mol. The number of hydrogen-bond donors (Lipinski definition) is 2. The van der Waals surface area contributed by atoms with E-state index in [1.807, 2.05) is 24.3 Å². The number of ether oxygens (including phenoxy) is 1. The quantitative estimate of drug-likeness (QED) is 0.878. The van der Waals surface area contributed by atoms with E-state index < -0.39 is 0 Å². The summed E-state index contributed by atoms with van der Waals surface area (Å²) >= 11 is 6.08. The molecule has 4 heteroatoms. The van der Waals surface area contributed by atoms with Crippen LogP contribution in [0.5, 0.6) is 11.5 Å². The summed E-state index contributed by atoms with van der Waals surface area (Å²) in [5.74, 6) is 1.05. The number of benzene rings is 2. The molecule has 1 atom stereocenters. The zero-order valence-corrected chi connectivity index (χ0v) is 12.3. The van der Waals surface area contributed by atoms with Crippen molar-refractivity contribution in [2.45, 2.75) is 19.5 Å². The maximum atomic E-state index is 9.80. The molecule has 0 amide bonds. The molecule has 106 valence electrons. The molecule has 0 aliphatic rings. The summed E-state index contributed by atoms with van der Waals surface area (Å²) in [6.07, 6.45) is 0. The number of methoxy groups -OCH3 is 1. The topological polar surface area (TPSA) is 41.5 Å². The van der Waals surface area contributed by atoms with Crippen molar-refractivity contribution >= 4 is 11.6 Å². The lowest BCUT2D eigenvalue weighted by atomic mass is 10.1. The van der Waals surface area contributed by atoms with Crippen LogP contribution in [0.1, 0.15) is 24.1 Å². The van der Waals surface area contributed by atoms with Gasteiger partial charge in [0.1, 0.15) is 11.5 Å². The minimum absolute atomic E-state index is 0.150. The van der Waals surface area contributed by atoms with Crippen LogP contribution in [0, 0.1) is 0 Å². The fourth-order valence-corrected chi connectivity index (χ4v) is 2.22. The van der Waals surface area contributed by atoms with E-state index in [4.69, 9.17) is 16.3 Å². The number of phenolic OH excluding ortho intramolecular Hbond substituents is 1. The molecule has 0 spiro atoms. The van der Waals surface area contributed by atoms with Crippen LogP contribution < -0.4 is 10.1 Å². The zero-order chi connectivity index (χ0) is 14.5. The monoisotopic (exact) mass is 291 g/mol. The number of aromatic hydroxyl groups is 1. The molecule has 2 rings (SSSR count). The third-order valence-electron chi connectivity index (χ3n) is 3.29. The molecule has 2 N–H and O–H groups in total. The van der Waals surface area contributed by atoms with E-state index in [1.165, 1.54) is 0 Å². The Morgan fingerprint density at radius 2 is 1.90 bits per heavy atom. The second-order valence-corrected chi connectivity index (χ2v) is 5.02. The lowest BCUT2D eigenvalue weighted by Crippen LogP contribution is -2.18. The highest BCUT2D eigenvalue weighted by atomic mass is 35.5. The molecule has 2 aromatic rings. The number of hydrogen-bond acceptors (Lipinski definition) is 3. The summed E-state index contributed by atoms with van der Waals surface area (Å²) in [6.45, 7) is 2.58. The largest absolute Gasteiger partial charge is 0.508 e. The van der Waals surface area contributed by atoms with Gasteiger partial charge in [0.15, 0.2) is 0 Å². The van der Waals surface area contributed by atoms with Gasteiger partial charge >= 0.3 is 0 Å². The molecule has 0 saturated carbocycles. The standard InChI is InChI=1S/C16H18ClNO2/c1-11(12-6-8-13(20-2)9-7-12)18-10-14-15(17)4-3-5-16(14)19/h3-9,11,18-19H,10H2,1-2H3/t11-/m1/s1. The summed E-state index contributed by atoms with van der Waals surface area (Å²) in [6, 6.07) is 13.2. The first kappa shape index (κ1) is 14.7. The maximum Gasteiger partial charge on any atom is 0.121 e. The van der Waals surface area contributed by atoms with E-state index in [0.717, 1.165) is 16.9 Å². The van der Waals surface area contributed by atoms with E-state index in [0.29, 0.717) is 11.6 Å². The molecule has 0 unspecified atom stereocenters. The van der Waals surface area contributed by atoms with Crippen LogP contribution >= 0.6 is 11.6 Å². The molecule has 2 aromatic carbocycles. The van der Waals surface area contributed by atoms with Crippen LogP contribution in [-0.2, 0) is 6.54 Å². The lowest BCUT2D eigenvalue weighted by molar-refractivity contribution is 0.414. The van der Waals surface area contributed by atoms with E-state index in [1.54, 1.807) is 25.3 Å². The Morgan fingerprint density at radius 3 is 2.50 bits per heavy atom. The lowest BCUT2D eigenvalue weighted by Gasteiger charge is -2.16. The minimum Gasteiger partial charge on any atom is -0.508 e. The Labute approximate surface area is 124 Å². The molecule has 0 saturated heterocycles. The average molecular weight is 292 g/mol. The highest BCUT2D eigenvalue weighted by Gasteiger charge is 2.09. The molecule has 0 bridgehead atoms. The first-order valence-corrected chi connectivity index (χ1v) is 6.83. The first-order valence-electron chi connectivity index (χ1n) is 6.45. The molecule has 3 nitrogen and oxygen atoms in total. The van der Waals surface area contributed by atoms with Gasteiger partial charge in [-0.2, -0.15) is 0 Å². The fourth-order valence-electron chi connectivity index (χ4n) is 1.99. The van der Waals surface area contributed by atoms with E-state index in [2.05, 4.69) is 12.2 Å². The third kappa shape index (κ3) is 3.44. The summed E-state index contributed by atoms with van der Waals surface area (Å²) in [5, 5.41) is 13.7. The molecule has 0 aliphatic carbocycles. The van der Waals surface area contributed by atoms with Crippen molar-refractivity contribution in [2.24, 2.45) is 0 Å². The van der Waals surface area contributed by atoms with Crippen LogP contribution in [0.2, 0.25) is 5.02 Å². The maximum absolute atomic E-state index is 9.80. The molecule has 0 heterocycles. The highest BCUT2D eigenvalue weighted by Crippen LogP contribution is 2.26. The van der Waals surface area contributed by atoms with Gasteiger partial charge in [0, 0.05) is 23.2 Å². The van der Waals surface area contributed by atoms with Gasteiger partial charge in [-0.15, -0.1) is 0 Å². The number of rotatable bonds is 5. The summed E-state index contributed by atoms with van der Waals surface area (Å²) in [7, 11) is 1.65. The minimum atomic E-state index is 0.150. The van der Waals surface area contributed by atoms with Gasteiger partial charge in [-0.3, -0.25) is 0 Å². The van der Waals surface area contributed by atoms with Crippen molar-refractivity contribution in [1.29, 1.82) is 0 Å². The second-order valence-electron chi connectivity index (χ2n) is 4.61. The van der Waals surface area contributed by atoms with Crippen LogP contribution in [0.15, 0.2) is 42.5 Å². The van der Waals surface area contributed by atoms with E-state index in [-0.39, 0.29) is 11.8 Å². The van der Waals surface area contributed by atoms with Gasteiger partial charge in [-0.1, -0.05) is 29.8 Å². The average Bonchev–Trinajstić information content (AvgIpc) is 2.46. The normalized spacial score (nSPS) is 12.2. The zero-order valence-electron chi connectivity index (χ0n) is 11.6. The summed E-state index contributed by atoms with van der Waals surface area (Å²) < 4.78 is 5.14. The van der Waals surface area contributed by atoms with Gasteiger partial charge in [0.05, 0.1) is 7.11 Å². The molecule has 0 radical (unpaired) electrons. The van der Waals surface area contributed by atoms with Gasteiger partial charge < -0.3 is 15.2 Å². The van der Waals surface area contributed by atoms with Crippen molar-refractivity contribution in [3.05, 3.63) is 58.6 Å². The second kappa shape index (κ2) is 6.64. The Kier molecular flexibility index (Phi) is 4.88. The van der Waals surface area contributed by atoms with Crippen molar-refractivity contribution in [1.82, 2.24) is 5.32 Å². The first-order chi connectivity index (χ1) is 9.61. The molecule has 0 fully saturated rings. The Morgan fingerprint density at radius 1 is 1.20 bits per heavy atom. The van der Waals surface area contributed by atoms with Gasteiger partial charge in [-0.05, 0) is 36.8 Å².